The van der Waals surface area contributed by atoms with Crippen molar-refractivity contribution < 1.29 is 18.8 Å². The summed E-state index contributed by atoms with van der Waals surface area (Å²) < 4.78 is 16.2. The maximum absolute atomic E-state index is 12.2. The molecule has 1 amide bonds. The zero-order chi connectivity index (χ0) is 18.6. The third kappa shape index (κ3) is 4.01. The Balaban J connectivity index is 1.37. The first kappa shape index (κ1) is 17.3. The van der Waals surface area contributed by atoms with Crippen LogP contribution in [0.1, 0.15) is 12.3 Å². The van der Waals surface area contributed by atoms with Crippen LogP contribution in [0.4, 0.5) is 5.69 Å². The number of pyridine rings is 1. The minimum atomic E-state index is -0.225. The van der Waals surface area contributed by atoms with Gasteiger partial charge in [0.2, 0.25) is 17.6 Å². The van der Waals surface area contributed by atoms with Crippen molar-refractivity contribution in [3.05, 3.63) is 47.6 Å². The SMILES string of the molecule is O=C(CCc1nc(-c2ccncc2)no1)Nc1cc2c(cc1Cl)OCCO2. The Kier molecular flexibility index (Phi) is 4.88. The number of carbonyl (C=O) groups is 1. The van der Waals surface area contributed by atoms with Crippen molar-refractivity contribution in [2.75, 3.05) is 18.5 Å². The summed E-state index contributed by atoms with van der Waals surface area (Å²) in [6.45, 7) is 0.930. The average molecular weight is 387 g/mol. The molecule has 0 bridgehead atoms. The quantitative estimate of drug-likeness (QED) is 0.719. The molecule has 0 saturated carbocycles. The molecule has 3 aromatic rings. The van der Waals surface area contributed by atoms with E-state index in [1.165, 1.54) is 0 Å². The number of amides is 1. The second-order valence-corrected chi connectivity index (χ2v) is 6.18. The lowest BCUT2D eigenvalue weighted by atomic mass is 10.2. The second-order valence-electron chi connectivity index (χ2n) is 5.77. The van der Waals surface area contributed by atoms with Crippen molar-refractivity contribution in [2.45, 2.75) is 12.8 Å². The van der Waals surface area contributed by atoms with Crippen molar-refractivity contribution in [3.8, 4) is 22.9 Å². The van der Waals surface area contributed by atoms with Gasteiger partial charge in [0.05, 0.1) is 10.7 Å². The van der Waals surface area contributed by atoms with Gasteiger partial charge in [-0.1, -0.05) is 16.8 Å². The van der Waals surface area contributed by atoms with E-state index >= 15 is 0 Å². The molecule has 0 fully saturated rings. The lowest BCUT2D eigenvalue weighted by Gasteiger charge is -2.20. The molecule has 27 heavy (non-hydrogen) atoms. The summed E-state index contributed by atoms with van der Waals surface area (Å²) >= 11 is 6.20. The summed E-state index contributed by atoms with van der Waals surface area (Å²) in [6, 6.07) is 6.85. The van der Waals surface area contributed by atoms with Crippen LogP contribution in [0.3, 0.4) is 0 Å². The van der Waals surface area contributed by atoms with E-state index in [0.29, 0.717) is 53.6 Å². The Labute approximate surface area is 159 Å². The fourth-order valence-electron chi connectivity index (χ4n) is 2.57. The van der Waals surface area contributed by atoms with E-state index in [2.05, 4.69) is 20.4 Å². The van der Waals surface area contributed by atoms with E-state index in [4.69, 9.17) is 25.6 Å². The fraction of sp³-hybridized carbons (Fsp3) is 0.222. The molecule has 138 valence electrons. The molecule has 0 atom stereocenters. The van der Waals surface area contributed by atoms with Gasteiger partial charge in [-0.2, -0.15) is 4.98 Å². The van der Waals surface area contributed by atoms with E-state index in [0.717, 1.165) is 5.56 Å². The van der Waals surface area contributed by atoms with Crippen LogP contribution in [0.5, 0.6) is 11.5 Å². The van der Waals surface area contributed by atoms with Gasteiger partial charge in [0, 0.05) is 42.9 Å². The largest absolute Gasteiger partial charge is 0.486 e. The molecule has 3 heterocycles. The molecule has 1 aromatic carbocycles. The van der Waals surface area contributed by atoms with Crippen LogP contribution in [0.25, 0.3) is 11.4 Å². The Morgan fingerprint density at radius 1 is 1.15 bits per heavy atom. The highest BCUT2D eigenvalue weighted by molar-refractivity contribution is 6.34. The number of hydrogen-bond acceptors (Lipinski definition) is 7. The molecule has 9 heteroatoms. The number of anilines is 1. The summed E-state index contributed by atoms with van der Waals surface area (Å²) in [4.78, 5) is 20.5. The number of benzene rings is 1. The van der Waals surface area contributed by atoms with Crippen LogP contribution in [-0.2, 0) is 11.2 Å². The smallest absolute Gasteiger partial charge is 0.227 e. The van der Waals surface area contributed by atoms with E-state index in [9.17, 15) is 4.79 Å². The van der Waals surface area contributed by atoms with E-state index in [-0.39, 0.29) is 12.3 Å². The lowest BCUT2D eigenvalue weighted by Crippen LogP contribution is -2.17. The Bertz CT molecular complexity index is 961. The van der Waals surface area contributed by atoms with E-state index < -0.39 is 0 Å². The first-order valence-corrected chi connectivity index (χ1v) is 8.69. The maximum Gasteiger partial charge on any atom is 0.227 e. The highest BCUT2D eigenvalue weighted by atomic mass is 35.5. The zero-order valence-corrected chi connectivity index (χ0v) is 14.9. The minimum Gasteiger partial charge on any atom is -0.486 e. The number of fused-ring (bicyclic) bond motifs is 1. The number of aryl methyl sites for hydroxylation is 1. The maximum atomic E-state index is 12.2. The highest BCUT2D eigenvalue weighted by Crippen LogP contribution is 2.38. The third-order valence-corrected chi connectivity index (χ3v) is 4.19. The van der Waals surface area contributed by atoms with Gasteiger partial charge in [-0.15, -0.1) is 0 Å². The molecule has 0 radical (unpaired) electrons. The van der Waals surface area contributed by atoms with Crippen molar-refractivity contribution in [1.82, 2.24) is 15.1 Å². The first-order valence-electron chi connectivity index (χ1n) is 8.31. The van der Waals surface area contributed by atoms with E-state index in [1.54, 1.807) is 36.7 Å². The number of carbonyl (C=O) groups excluding carboxylic acids is 1. The molecular weight excluding hydrogens is 372 g/mol. The van der Waals surface area contributed by atoms with Gasteiger partial charge >= 0.3 is 0 Å². The summed E-state index contributed by atoms with van der Waals surface area (Å²) in [5.41, 5.74) is 1.27. The fourth-order valence-corrected chi connectivity index (χ4v) is 2.77. The molecule has 2 aromatic heterocycles. The van der Waals surface area contributed by atoms with Crippen molar-refractivity contribution >= 4 is 23.2 Å². The molecular formula is C18H15ClN4O4. The summed E-state index contributed by atoms with van der Waals surface area (Å²) in [5, 5.41) is 7.06. The minimum absolute atomic E-state index is 0.169. The third-order valence-electron chi connectivity index (χ3n) is 3.88. The molecule has 1 aliphatic heterocycles. The molecule has 4 rings (SSSR count). The molecule has 8 nitrogen and oxygen atoms in total. The number of nitrogens with zero attached hydrogens (tertiary/aromatic N) is 3. The Morgan fingerprint density at radius 2 is 1.89 bits per heavy atom. The van der Waals surface area contributed by atoms with Gasteiger partial charge in [-0.05, 0) is 12.1 Å². The standard InChI is InChI=1S/C18H15ClN4O4/c19-12-9-14-15(26-8-7-25-14)10-13(12)21-16(24)1-2-17-22-18(23-27-17)11-3-5-20-6-4-11/h3-6,9-10H,1-2,7-8H2,(H,21,24). The number of nitrogens with one attached hydrogen (secondary N) is 1. The summed E-state index contributed by atoms with van der Waals surface area (Å²) in [7, 11) is 0. The topological polar surface area (TPSA) is 99.4 Å². The highest BCUT2D eigenvalue weighted by Gasteiger charge is 2.17. The van der Waals surface area contributed by atoms with Crippen LogP contribution in [0.2, 0.25) is 5.02 Å². The average Bonchev–Trinajstić information content (AvgIpc) is 3.17. The van der Waals surface area contributed by atoms with Crippen molar-refractivity contribution in [1.29, 1.82) is 0 Å². The van der Waals surface area contributed by atoms with Gasteiger partial charge in [0.25, 0.3) is 0 Å². The van der Waals surface area contributed by atoms with E-state index in [1.807, 2.05) is 0 Å². The van der Waals surface area contributed by atoms with Crippen LogP contribution in [0.15, 0.2) is 41.2 Å². The van der Waals surface area contributed by atoms with Gasteiger partial charge < -0.3 is 19.3 Å². The molecule has 0 spiro atoms. The monoisotopic (exact) mass is 386 g/mol. The number of halogens is 1. The van der Waals surface area contributed by atoms with Crippen molar-refractivity contribution in [3.63, 3.8) is 0 Å². The zero-order valence-electron chi connectivity index (χ0n) is 14.1. The molecule has 1 aliphatic rings. The van der Waals surface area contributed by atoms with Crippen LogP contribution in [0, 0.1) is 0 Å². The van der Waals surface area contributed by atoms with Gasteiger partial charge in [0.15, 0.2) is 11.5 Å². The van der Waals surface area contributed by atoms with Gasteiger partial charge in [-0.3, -0.25) is 9.78 Å². The molecule has 1 N–H and O–H groups in total. The predicted molar refractivity (Wildman–Crippen MR) is 96.9 cm³/mol. The number of hydrogen-bond donors (Lipinski definition) is 1. The normalized spacial score (nSPS) is 12.6. The summed E-state index contributed by atoms with van der Waals surface area (Å²) in [6.07, 6.45) is 3.78. The Morgan fingerprint density at radius 3 is 2.67 bits per heavy atom. The summed E-state index contributed by atoms with van der Waals surface area (Å²) in [5.74, 6) is 1.74. The van der Waals surface area contributed by atoms with Crippen molar-refractivity contribution in [2.24, 2.45) is 0 Å². The molecule has 0 saturated heterocycles. The van der Waals surface area contributed by atoms with Crippen LogP contribution in [-0.4, -0.2) is 34.2 Å². The second kappa shape index (κ2) is 7.63. The molecule has 0 aliphatic carbocycles. The predicted octanol–water partition coefficient (Wildman–Crippen LogP) is 3.13. The van der Waals surface area contributed by atoms with Crippen LogP contribution >= 0.6 is 11.6 Å². The first-order chi connectivity index (χ1) is 13.2. The number of ether oxygens (including phenoxy) is 2. The van der Waals surface area contributed by atoms with Crippen LogP contribution < -0.4 is 14.8 Å². The number of rotatable bonds is 5. The number of aromatic nitrogens is 3. The van der Waals surface area contributed by atoms with Gasteiger partial charge in [-0.25, -0.2) is 0 Å². The lowest BCUT2D eigenvalue weighted by molar-refractivity contribution is -0.116. The molecule has 0 unspecified atom stereocenters. The Hall–Kier alpha value is -3.13. The van der Waals surface area contributed by atoms with Gasteiger partial charge in [0.1, 0.15) is 13.2 Å².